The standard InChI is InChI=1S/C37H27BrN2O7/c1-2-46-30-15-19(9-14-27(30)41)31-21-12-13-22-32(23(21)16-24-33(31)28(42)17-25(38)34(24)43)37(45)40(36(22)44)20-10-7-18(8-11-20)35-39-26-5-3-4-6-29(26)47-35/h3-12,14-15,17,22-23,31-32,41H,2,13,16H2,1H3. The smallest absolute Gasteiger partial charge is 0.238 e. The first-order valence-corrected chi connectivity index (χ1v) is 16.2. The van der Waals surface area contributed by atoms with Gasteiger partial charge in [-0.1, -0.05) is 29.8 Å². The summed E-state index contributed by atoms with van der Waals surface area (Å²) in [4.78, 5) is 61.0. The number of ketones is 2. The topological polar surface area (TPSA) is 127 Å². The van der Waals surface area contributed by atoms with E-state index in [0.717, 1.165) is 11.1 Å². The predicted octanol–water partition coefficient (Wildman–Crippen LogP) is 6.57. The number of imide groups is 1. The molecule has 1 aromatic heterocycles. The molecule has 2 amide bonds. The van der Waals surface area contributed by atoms with Gasteiger partial charge in [-0.05, 0) is 95.7 Å². The fourth-order valence-corrected chi connectivity index (χ4v) is 8.02. The van der Waals surface area contributed by atoms with E-state index in [-0.39, 0.29) is 45.8 Å². The minimum absolute atomic E-state index is 0.0436. The second-order valence-electron chi connectivity index (χ2n) is 12.1. The maximum atomic E-state index is 14.3. The molecule has 1 aliphatic heterocycles. The van der Waals surface area contributed by atoms with E-state index in [1.165, 1.54) is 17.0 Å². The van der Waals surface area contributed by atoms with Crippen LogP contribution in [0.15, 0.2) is 105 Å². The molecule has 4 aliphatic rings. The number of benzene rings is 3. The largest absolute Gasteiger partial charge is 0.504 e. The highest BCUT2D eigenvalue weighted by Crippen LogP contribution is 2.56. The molecule has 10 heteroatoms. The zero-order valence-electron chi connectivity index (χ0n) is 25.1. The highest BCUT2D eigenvalue weighted by molar-refractivity contribution is 9.12. The number of allylic oxidation sites excluding steroid dienone is 6. The molecule has 0 saturated carbocycles. The number of amides is 2. The number of phenols is 1. The maximum absolute atomic E-state index is 14.3. The molecule has 8 rings (SSSR count). The first-order valence-electron chi connectivity index (χ1n) is 15.4. The summed E-state index contributed by atoms with van der Waals surface area (Å²) < 4.78 is 11.7. The molecule has 4 atom stereocenters. The number of aromatic nitrogens is 1. The van der Waals surface area contributed by atoms with Crippen LogP contribution in [0.2, 0.25) is 0 Å². The minimum atomic E-state index is -0.716. The number of para-hydroxylation sites is 2. The third-order valence-corrected chi connectivity index (χ3v) is 10.2. The zero-order valence-corrected chi connectivity index (χ0v) is 26.7. The SMILES string of the molecule is CCOc1cc(C2C3=CCC4C(=O)N(c5ccc(-c6nc7ccccc7o6)cc5)C(=O)C4C3CC3=C2C(=O)C=C(Br)C3=O)ccc1O. The molecule has 47 heavy (non-hydrogen) atoms. The van der Waals surface area contributed by atoms with Gasteiger partial charge in [0.2, 0.25) is 17.7 Å². The van der Waals surface area contributed by atoms with Crippen LogP contribution in [0.1, 0.15) is 31.2 Å². The Kier molecular flexibility index (Phi) is 6.87. The number of carbonyl (C=O) groups excluding carboxylic acids is 4. The molecule has 1 saturated heterocycles. The monoisotopic (exact) mass is 690 g/mol. The van der Waals surface area contributed by atoms with Crippen molar-refractivity contribution in [2.75, 3.05) is 11.5 Å². The van der Waals surface area contributed by atoms with E-state index in [1.807, 2.05) is 30.3 Å². The molecule has 1 N–H and O–H groups in total. The van der Waals surface area contributed by atoms with Gasteiger partial charge in [0, 0.05) is 28.7 Å². The lowest BCUT2D eigenvalue weighted by Gasteiger charge is -2.42. The van der Waals surface area contributed by atoms with Gasteiger partial charge in [0.1, 0.15) is 5.52 Å². The minimum Gasteiger partial charge on any atom is -0.504 e. The number of fused-ring (bicyclic) bond motifs is 4. The van der Waals surface area contributed by atoms with Crippen LogP contribution >= 0.6 is 15.9 Å². The molecule has 0 bridgehead atoms. The second kappa shape index (κ2) is 11.0. The number of carbonyl (C=O) groups is 4. The van der Waals surface area contributed by atoms with Gasteiger partial charge < -0.3 is 14.3 Å². The van der Waals surface area contributed by atoms with E-state index >= 15 is 0 Å². The summed E-state index contributed by atoms with van der Waals surface area (Å²) in [6, 6.07) is 19.3. The number of hydrogen-bond donors (Lipinski definition) is 1. The molecule has 0 spiro atoms. The lowest BCUT2D eigenvalue weighted by atomic mass is 9.59. The summed E-state index contributed by atoms with van der Waals surface area (Å²) in [5.74, 6) is -3.04. The van der Waals surface area contributed by atoms with Gasteiger partial charge >= 0.3 is 0 Å². The Morgan fingerprint density at radius 3 is 2.55 bits per heavy atom. The highest BCUT2D eigenvalue weighted by Gasteiger charge is 2.56. The van der Waals surface area contributed by atoms with Gasteiger partial charge in [0.05, 0.1) is 28.6 Å². The van der Waals surface area contributed by atoms with Crippen LogP contribution in [-0.4, -0.2) is 40.1 Å². The predicted molar refractivity (Wildman–Crippen MR) is 176 cm³/mol. The lowest BCUT2D eigenvalue weighted by Crippen LogP contribution is -2.39. The fourth-order valence-electron chi connectivity index (χ4n) is 7.57. The molecule has 2 heterocycles. The van der Waals surface area contributed by atoms with Crippen molar-refractivity contribution >= 4 is 56.1 Å². The van der Waals surface area contributed by atoms with Crippen LogP contribution < -0.4 is 9.64 Å². The summed E-state index contributed by atoms with van der Waals surface area (Å²) in [6.45, 7) is 2.12. The van der Waals surface area contributed by atoms with Crippen molar-refractivity contribution in [2.45, 2.75) is 25.7 Å². The average Bonchev–Trinajstić information content (AvgIpc) is 3.62. The summed E-state index contributed by atoms with van der Waals surface area (Å²) in [6.07, 6.45) is 3.73. The van der Waals surface area contributed by atoms with Crippen molar-refractivity contribution in [1.29, 1.82) is 0 Å². The van der Waals surface area contributed by atoms with Crippen LogP contribution in [0.25, 0.3) is 22.6 Å². The van der Waals surface area contributed by atoms with Gasteiger partial charge in [-0.15, -0.1) is 0 Å². The van der Waals surface area contributed by atoms with E-state index in [4.69, 9.17) is 9.15 Å². The van der Waals surface area contributed by atoms with Crippen molar-refractivity contribution in [2.24, 2.45) is 17.8 Å². The van der Waals surface area contributed by atoms with Crippen LogP contribution in [0.5, 0.6) is 11.5 Å². The van der Waals surface area contributed by atoms with Gasteiger partial charge in [-0.3, -0.25) is 24.1 Å². The van der Waals surface area contributed by atoms with E-state index < -0.39 is 23.7 Å². The first kappa shape index (κ1) is 29.3. The van der Waals surface area contributed by atoms with Crippen molar-refractivity contribution in [1.82, 2.24) is 4.98 Å². The Bertz CT molecular complexity index is 2110. The zero-order chi connectivity index (χ0) is 32.6. The molecular formula is C37H27BrN2O7. The summed E-state index contributed by atoms with van der Waals surface area (Å²) >= 11 is 3.26. The van der Waals surface area contributed by atoms with E-state index in [9.17, 15) is 24.3 Å². The number of rotatable bonds is 5. The molecule has 3 aromatic carbocycles. The van der Waals surface area contributed by atoms with E-state index in [2.05, 4.69) is 20.9 Å². The molecule has 3 aliphatic carbocycles. The van der Waals surface area contributed by atoms with Gasteiger partial charge in [-0.2, -0.15) is 0 Å². The number of halogens is 1. The summed E-state index contributed by atoms with van der Waals surface area (Å²) in [5, 5.41) is 10.4. The van der Waals surface area contributed by atoms with Crippen LogP contribution in [0.4, 0.5) is 5.69 Å². The van der Waals surface area contributed by atoms with Gasteiger partial charge in [0.25, 0.3) is 0 Å². The van der Waals surface area contributed by atoms with Crippen molar-refractivity contribution in [3.8, 4) is 23.0 Å². The Hall–Kier alpha value is -5.09. The number of aromatic hydroxyl groups is 1. The Morgan fingerprint density at radius 2 is 1.79 bits per heavy atom. The summed E-state index contributed by atoms with van der Waals surface area (Å²) in [7, 11) is 0. The fraction of sp³-hybridized carbons (Fsp3) is 0.216. The summed E-state index contributed by atoms with van der Waals surface area (Å²) in [5.41, 5.74) is 4.71. The van der Waals surface area contributed by atoms with E-state index in [0.29, 0.717) is 52.5 Å². The number of phenolic OH excluding ortho intramolecular Hbond substituents is 1. The quantitative estimate of drug-likeness (QED) is 0.142. The van der Waals surface area contributed by atoms with Crippen molar-refractivity contribution in [3.05, 3.63) is 106 Å². The molecule has 9 nitrogen and oxygen atoms in total. The van der Waals surface area contributed by atoms with Crippen LogP contribution in [0, 0.1) is 17.8 Å². The maximum Gasteiger partial charge on any atom is 0.238 e. The number of hydrogen-bond acceptors (Lipinski definition) is 8. The van der Waals surface area contributed by atoms with E-state index in [1.54, 1.807) is 43.3 Å². The average molecular weight is 692 g/mol. The number of Topliss-reactive ketones (excluding diaryl/α,β-unsaturated/α-hetero) is 1. The molecule has 4 unspecified atom stereocenters. The molecule has 234 valence electrons. The van der Waals surface area contributed by atoms with Crippen molar-refractivity contribution < 1.29 is 33.4 Å². The number of nitrogens with zero attached hydrogens (tertiary/aromatic N) is 2. The third kappa shape index (κ3) is 4.53. The number of ether oxygens (including phenoxy) is 1. The van der Waals surface area contributed by atoms with Crippen LogP contribution in [0.3, 0.4) is 0 Å². The second-order valence-corrected chi connectivity index (χ2v) is 13.0. The number of anilines is 1. The molecular weight excluding hydrogens is 664 g/mol. The van der Waals surface area contributed by atoms with Gasteiger partial charge in [-0.25, -0.2) is 4.98 Å². The van der Waals surface area contributed by atoms with Crippen LogP contribution in [-0.2, 0) is 19.2 Å². The molecule has 4 aromatic rings. The molecule has 0 radical (unpaired) electrons. The highest BCUT2D eigenvalue weighted by atomic mass is 79.9. The number of oxazole rings is 1. The lowest BCUT2D eigenvalue weighted by molar-refractivity contribution is -0.123. The Morgan fingerprint density at radius 1 is 1.00 bits per heavy atom. The molecule has 1 fully saturated rings. The van der Waals surface area contributed by atoms with Crippen molar-refractivity contribution in [3.63, 3.8) is 0 Å². The third-order valence-electron chi connectivity index (χ3n) is 9.61. The normalized spacial score (nSPS) is 23.8. The first-order chi connectivity index (χ1) is 22.7. The Balaban J connectivity index is 1.16. The Labute approximate surface area is 277 Å². The van der Waals surface area contributed by atoms with Gasteiger partial charge in [0.15, 0.2) is 28.6 Å².